The molecule has 139 heavy (non-hydrogen) atoms. The summed E-state index contributed by atoms with van der Waals surface area (Å²) in [4.78, 5) is 4.98. The number of hydrogen-bond acceptors (Lipinski definition) is 13. The number of aromatic hydroxyl groups is 6. The Balaban J connectivity index is 0.000000141. The molecule has 0 saturated carbocycles. The third-order valence-electron chi connectivity index (χ3n) is 30.3. The molecule has 732 valence electrons. The van der Waals surface area contributed by atoms with Gasteiger partial charge in [-0.1, -0.05) is 217 Å². The molecule has 1 aliphatic carbocycles. The van der Waals surface area contributed by atoms with Gasteiger partial charge in [-0.05, 0) is 266 Å². The van der Waals surface area contributed by atoms with E-state index in [9.17, 15) is 51.1 Å². The highest BCUT2D eigenvalue weighted by molar-refractivity contribution is 5.49. The van der Waals surface area contributed by atoms with Crippen molar-refractivity contribution in [2.75, 3.05) is 94.7 Å². The third-order valence-corrected chi connectivity index (χ3v) is 30.3. The van der Waals surface area contributed by atoms with Crippen molar-refractivity contribution >= 4 is 0 Å². The fourth-order valence-electron chi connectivity index (χ4n) is 21.8. The maximum Gasteiger partial charge on any atom is 0.160 e. The van der Waals surface area contributed by atoms with E-state index in [4.69, 9.17) is 4.74 Å². The molecule has 12 aromatic carbocycles. The van der Waals surface area contributed by atoms with Gasteiger partial charge in [0.25, 0.3) is 0 Å². The molecule has 0 spiro atoms. The zero-order chi connectivity index (χ0) is 99.6. The van der Waals surface area contributed by atoms with Crippen LogP contribution in [-0.2, 0) is 103 Å². The summed E-state index contributed by atoms with van der Waals surface area (Å²) in [6.07, 6.45) is 20.4. The van der Waals surface area contributed by atoms with E-state index < -0.39 is 0 Å². The molecule has 16 heteroatoms. The summed E-state index contributed by atoms with van der Waals surface area (Å²) in [6, 6.07) is 76.5. The standard InChI is InChI=1S/C22H27NO3.2C21H25NO.C20H25NO3.C20H25NO2.C19H22O/c1-3-9-23(2)10-8-18-11-17(14-24)5-7-20(18)21(23)12-16-4-6-19(15-25)22(26)13-16;2*1-4-10-22-11-9-18-12-15(2)5-8-19(18)20(22)13-17-7-6-16(3)21(23)14-17;1-21(2)8-7-16-9-15(12-22)4-6-18(16)19(21)10-14-3-5-17(13-23)20(24)11-14;1-14-5-7-17-16(11-14)9-10-21(2,3)18(17)12-15-6-8-20(23-4)19(22)13-15;1-13-6-9-18-16(10-13)4-3-5-17(18)11-15-8-7-14(2)19(20)12-15/h3-7,11,13,21,24-25H,1,8-10,12,14-15H2,2H3;2*4-8,12,14,20,23H,1,9-11,13H2,2-3H3;3-6,9,11,19,22-23H,7-8,10,12-13H2,1-2H3;5-8,11,13,18H,9-10,12H2,1-4H3;6-10,12,17,20H,3-5,11H2,1-2H3/p+3/t21-,23-;2*20-;19-;18-;17-/m110100/s1. The molecule has 6 aliphatic rings. The van der Waals surface area contributed by atoms with Crippen molar-refractivity contribution in [1.29, 1.82) is 0 Å². The predicted molar refractivity (Wildman–Crippen MR) is 564 cm³/mol. The monoisotopic (exact) mass is 1880 g/mol. The second-order valence-corrected chi connectivity index (χ2v) is 41.2. The molecule has 0 unspecified atom stereocenters. The van der Waals surface area contributed by atoms with Gasteiger partial charge in [0.15, 0.2) is 11.5 Å². The number of aryl methyl sites for hydroxylation is 8. The first-order valence-electron chi connectivity index (χ1n) is 49.8. The van der Waals surface area contributed by atoms with Crippen LogP contribution in [0.25, 0.3) is 0 Å². The molecule has 16 nitrogen and oxygen atoms in total. The van der Waals surface area contributed by atoms with Gasteiger partial charge >= 0.3 is 0 Å². The highest BCUT2D eigenvalue weighted by Crippen LogP contribution is 2.45. The molecule has 5 heterocycles. The van der Waals surface area contributed by atoms with Crippen LogP contribution in [0.3, 0.4) is 0 Å². The van der Waals surface area contributed by atoms with Crippen LogP contribution in [0.1, 0.15) is 210 Å². The quantitative estimate of drug-likeness (QED) is 0.0213. The van der Waals surface area contributed by atoms with Crippen molar-refractivity contribution in [3.8, 4) is 40.2 Å². The zero-order valence-electron chi connectivity index (χ0n) is 84.6. The highest BCUT2D eigenvalue weighted by Gasteiger charge is 2.41. The summed E-state index contributed by atoms with van der Waals surface area (Å²) >= 11 is 0. The Morgan fingerprint density at radius 3 is 1.06 bits per heavy atom. The van der Waals surface area contributed by atoms with Gasteiger partial charge in [-0.2, -0.15) is 0 Å². The first kappa shape index (κ1) is 104. The molecule has 5 aliphatic heterocycles. The van der Waals surface area contributed by atoms with E-state index >= 15 is 0 Å². The van der Waals surface area contributed by atoms with Crippen molar-refractivity contribution in [1.82, 2.24) is 9.80 Å². The number of hydrogen-bond donors (Lipinski definition) is 10. The third kappa shape index (κ3) is 26.2. The number of ether oxygens (including phenoxy) is 1. The number of rotatable bonds is 23. The number of fused-ring (bicyclic) bond motifs is 6. The summed E-state index contributed by atoms with van der Waals surface area (Å²) in [5, 5.41) is 97.3. The van der Waals surface area contributed by atoms with Crippen LogP contribution in [0.2, 0.25) is 0 Å². The van der Waals surface area contributed by atoms with Crippen molar-refractivity contribution in [3.63, 3.8) is 0 Å². The second kappa shape index (κ2) is 47.4. The van der Waals surface area contributed by atoms with Gasteiger partial charge in [0.2, 0.25) is 0 Å². The van der Waals surface area contributed by atoms with Crippen LogP contribution in [0.4, 0.5) is 0 Å². The van der Waals surface area contributed by atoms with Gasteiger partial charge in [-0.3, -0.25) is 9.80 Å². The van der Waals surface area contributed by atoms with E-state index in [1.807, 2.05) is 112 Å². The van der Waals surface area contributed by atoms with Crippen LogP contribution >= 0.6 is 0 Å². The van der Waals surface area contributed by atoms with Crippen LogP contribution < -0.4 is 4.74 Å². The Bertz CT molecular complexity index is 6150. The first-order chi connectivity index (χ1) is 66.6. The Morgan fingerprint density at radius 2 is 0.662 bits per heavy atom. The van der Waals surface area contributed by atoms with Gasteiger partial charge < -0.3 is 69.3 Å². The number of quaternary nitrogens is 3. The first-order valence-corrected chi connectivity index (χ1v) is 49.8. The lowest BCUT2D eigenvalue weighted by molar-refractivity contribution is -0.936. The van der Waals surface area contributed by atoms with Gasteiger partial charge in [-0.15, -0.1) is 13.2 Å². The van der Waals surface area contributed by atoms with E-state index in [1.54, 1.807) is 31.4 Å². The van der Waals surface area contributed by atoms with Gasteiger partial charge in [0, 0.05) is 105 Å². The molecule has 0 aromatic heterocycles. The molecule has 0 saturated heterocycles. The number of aliphatic hydroxyl groups is 4. The number of benzene rings is 12. The summed E-state index contributed by atoms with van der Waals surface area (Å²) in [5.41, 5.74) is 35.0. The lowest BCUT2D eigenvalue weighted by atomic mass is 9.79. The Labute approximate surface area is 827 Å². The van der Waals surface area contributed by atoms with E-state index in [1.165, 1.54) is 125 Å². The molecule has 18 rings (SSSR count). The second-order valence-electron chi connectivity index (χ2n) is 41.2. The van der Waals surface area contributed by atoms with E-state index in [2.05, 4.69) is 214 Å². The molecule has 0 bridgehead atoms. The number of phenols is 6. The van der Waals surface area contributed by atoms with Gasteiger partial charge in [-0.25, -0.2) is 0 Å². The maximum absolute atomic E-state index is 10.1. The minimum Gasteiger partial charge on any atom is -0.508 e. The van der Waals surface area contributed by atoms with Crippen LogP contribution in [-0.4, -0.2) is 169 Å². The molecule has 0 amide bonds. The number of methoxy groups -OCH3 is 1. The minimum atomic E-state index is -0.160. The van der Waals surface area contributed by atoms with Gasteiger partial charge in [0.1, 0.15) is 46.9 Å². The Kier molecular flexibility index (Phi) is 35.6. The van der Waals surface area contributed by atoms with Crippen molar-refractivity contribution in [3.05, 3.63) is 418 Å². The normalized spacial score (nSPS) is 19.0. The Hall–Kier alpha value is -11.9. The number of phenolic OH excluding ortho intramolecular Hbond substituents is 4. The average Bonchev–Trinajstić information content (AvgIpc) is 0.762. The van der Waals surface area contributed by atoms with Crippen molar-refractivity contribution in [2.24, 2.45) is 0 Å². The molecule has 7 atom stereocenters. The summed E-state index contributed by atoms with van der Waals surface area (Å²) in [6.45, 7) is 34.0. The predicted octanol–water partition coefficient (Wildman–Crippen LogP) is 22.1. The van der Waals surface area contributed by atoms with Crippen LogP contribution in [0, 0.1) is 48.5 Å². The number of aliphatic hydroxyl groups excluding tert-OH is 4. The molecule has 12 aromatic rings. The zero-order valence-corrected chi connectivity index (χ0v) is 84.6. The van der Waals surface area contributed by atoms with Crippen molar-refractivity contribution in [2.45, 2.75) is 201 Å². The summed E-state index contributed by atoms with van der Waals surface area (Å²) in [7, 11) is 12.9. The smallest absolute Gasteiger partial charge is 0.160 e. The summed E-state index contributed by atoms with van der Waals surface area (Å²) in [5.74, 6) is 2.85. The lowest BCUT2D eigenvalue weighted by Crippen LogP contribution is -2.52. The van der Waals surface area contributed by atoms with Crippen molar-refractivity contribution < 1.29 is 69.3 Å². The van der Waals surface area contributed by atoms with Crippen LogP contribution in [0.5, 0.6) is 40.2 Å². The highest BCUT2D eigenvalue weighted by atomic mass is 16.5. The van der Waals surface area contributed by atoms with Crippen LogP contribution in [0.15, 0.2) is 256 Å². The van der Waals surface area contributed by atoms with E-state index in [0.717, 1.165) is 181 Å². The fourth-order valence-corrected chi connectivity index (χ4v) is 21.8. The molecule has 0 fully saturated rings. The van der Waals surface area contributed by atoms with E-state index in [0.29, 0.717) is 64.2 Å². The number of nitrogens with zero attached hydrogens (tertiary/aromatic N) is 5. The topological polar surface area (TPSA) is 218 Å². The minimum absolute atomic E-state index is 0.0627. The molecule has 10 N–H and O–H groups in total. The van der Waals surface area contributed by atoms with E-state index in [-0.39, 0.29) is 49.7 Å². The van der Waals surface area contributed by atoms with Gasteiger partial charge in [0.05, 0.1) is 95.0 Å². The Morgan fingerprint density at radius 1 is 0.324 bits per heavy atom. The largest absolute Gasteiger partial charge is 0.508 e. The molecule has 0 radical (unpaired) electrons. The SMILES string of the molecule is C=CCN1CCc2cc(C)ccc2[C@@H]1Cc1ccc(C)c(O)c1.C=CCN1CCc2cc(C)ccc2[C@H]1Cc1ccc(C)c(O)c1.C=CC[N@+]1(C)CCc2cc(CO)ccc2[C@H]1Cc1ccc(CO)c(O)c1.COc1ccc(C[C@H]2c3ccc(C)cc3CC[N+]2(C)C)cc1O.C[N+]1(C)CCc2cc(CO)ccc2[C@H]1Cc1ccc(CO)c(O)c1.Cc1ccc2c(c1)CCC[C@H]2Cc1ccc(C)c(O)c1. The maximum atomic E-state index is 10.1. The molecular formula is C123H152N5O11+3. The lowest BCUT2D eigenvalue weighted by Gasteiger charge is -2.45. The average molecular weight is 1880 g/mol. The fraction of sp³-hybridized carbons (Fsp3) is 0.366. The summed E-state index contributed by atoms with van der Waals surface area (Å²) < 4.78 is 7.89. The number of likely N-dealkylation sites (N-methyl/N-ethyl adjacent to an activating group) is 3. The molecular weight excluding hydrogens is 1720 g/mol.